The van der Waals surface area contributed by atoms with Crippen molar-refractivity contribution in [3.8, 4) is 0 Å². The summed E-state index contributed by atoms with van der Waals surface area (Å²) in [5, 5.41) is 0. The summed E-state index contributed by atoms with van der Waals surface area (Å²) in [5.74, 6) is 1.24. The van der Waals surface area contributed by atoms with Gasteiger partial charge in [-0.1, -0.05) is 73.1 Å². The van der Waals surface area contributed by atoms with E-state index in [1.807, 2.05) is 0 Å². The monoisotopic (exact) mass is 220 g/mol. The van der Waals surface area contributed by atoms with E-state index in [1.165, 1.54) is 0 Å². The maximum atomic E-state index is 2.41. The lowest BCUT2D eigenvalue weighted by Gasteiger charge is -2.36. The molecular formula is C16H28. The molecule has 0 aromatic carbocycles. The van der Waals surface area contributed by atoms with Crippen LogP contribution in [0.15, 0.2) is 23.3 Å². The van der Waals surface area contributed by atoms with Crippen molar-refractivity contribution in [1.82, 2.24) is 0 Å². The summed E-state index contributed by atoms with van der Waals surface area (Å²) in [6, 6.07) is 0. The zero-order valence-electron chi connectivity index (χ0n) is 12.3. The minimum absolute atomic E-state index is 0.279. The molecule has 0 bridgehead atoms. The van der Waals surface area contributed by atoms with Gasteiger partial charge in [-0.15, -0.1) is 0 Å². The minimum atomic E-state index is 0.279. The van der Waals surface area contributed by atoms with E-state index in [9.17, 15) is 0 Å². The first-order valence-corrected chi connectivity index (χ1v) is 6.48. The summed E-state index contributed by atoms with van der Waals surface area (Å²) in [6.07, 6.45) is 4.77. The van der Waals surface area contributed by atoms with Gasteiger partial charge in [-0.25, -0.2) is 0 Å². The third-order valence-corrected chi connectivity index (χ3v) is 3.45. The molecule has 1 atom stereocenters. The average molecular weight is 220 g/mol. The molecule has 0 heterocycles. The second-order valence-corrected chi connectivity index (χ2v) is 7.48. The number of rotatable bonds is 1. The van der Waals surface area contributed by atoms with Crippen LogP contribution in [0.5, 0.6) is 0 Å². The highest BCUT2D eigenvalue weighted by atomic mass is 14.4. The third kappa shape index (κ3) is 2.59. The van der Waals surface area contributed by atoms with Crippen LogP contribution in [0, 0.1) is 22.7 Å². The third-order valence-electron chi connectivity index (χ3n) is 3.45. The van der Waals surface area contributed by atoms with E-state index in [4.69, 9.17) is 0 Å². The van der Waals surface area contributed by atoms with E-state index in [-0.39, 0.29) is 5.41 Å². The molecule has 0 nitrogen and oxygen atoms in total. The van der Waals surface area contributed by atoms with Gasteiger partial charge in [-0.2, -0.15) is 0 Å². The molecule has 0 amide bonds. The predicted octanol–water partition coefficient (Wildman–Crippen LogP) is 5.22. The molecule has 0 spiro atoms. The molecule has 0 saturated carbocycles. The van der Waals surface area contributed by atoms with Gasteiger partial charge in [0.25, 0.3) is 0 Å². The SMILES string of the molecule is CC(C)C1=C(C(C)(C)C)C(C(C)(C)C)C=C1. The molecule has 0 saturated heterocycles. The Morgan fingerprint density at radius 2 is 1.50 bits per heavy atom. The van der Waals surface area contributed by atoms with Gasteiger partial charge < -0.3 is 0 Å². The van der Waals surface area contributed by atoms with Crippen LogP contribution in [0.1, 0.15) is 55.4 Å². The van der Waals surface area contributed by atoms with Gasteiger partial charge >= 0.3 is 0 Å². The fraction of sp³-hybridized carbons (Fsp3) is 0.750. The lowest BCUT2D eigenvalue weighted by Crippen LogP contribution is -2.26. The fourth-order valence-electron chi connectivity index (χ4n) is 2.69. The van der Waals surface area contributed by atoms with Gasteiger partial charge in [0.1, 0.15) is 0 Å². The van der Waals surface area contributed by atoms with E-state index in [1.54, 1.807) is 11.1 Å². The van der Waals surface area contributed by atoms with Gasteiger partial charge in [-0.3, -0.25) is 0 Å². The number of allylic oxidation sites excluding steroid dienone is 4. The Balaban J connectivity index is 3.25. The molecule has 0 aliphatic heterocycles. The van der Waals surface area contributed by atoms with Crippen molar-refractivity contribution in [2.24, 2.45) is 22.7 Å². The summed E-state index contributed by atoms with van der Waals surface area (Å²) in [7, 11) is 0. The maximum Gasteiger partial charge on any atom is 0.00397 e. The van der Waals surface area contributed by atoms with E-state index in [2.05, 4.69) is 67.5 Å². The first kappa shape index (κ1) is 13.5. The van der Waals surface area contributed by atoms with Crippen molar-refractivity contribution < 1.29 is 0 Å². The average Bonchev–Trinajstić information content (AvgIpc) is 2.43. The van der Waals surface area contributed by atoms with E-state index in [0.717, 1.165) is 0 Å². The van der Waals surface area contributed by atoms with Crippen molar-refractivity contribution in [1.29, 1.82) is 0 Å². The van der Waals surface area contributed by atoms with Crippen LogP contribution in [0.2, 0.25) is 0 Å². The summed E-state index contributed by atoms with van der Waals surface area (Å²) < 4.78 is 0. The van der Waals surface area contributed by atoms with Crippen molar-refractivity contribution in [2.45, 2.75) is 55.4 Å². The quantitative estimate of drug-likeness (QED) is 0.568. The van der Waals surface area contributed by atoms with Crippen LogP contribution in [0.3, 0.4) is 0 Å². The van der Waals surface area contributed by atoms with E-state index in [0.29, 0.717) is 17.3 Å². The highest BCUT2D eigenvalue weighted by Gasteiger charge is 2.36. The molecule has 16 heavy (non-hydrogen) atoms. The number of hydrogen-bond donors (Lipinski definition) is 0. The fourth-order valence-corrected chi connectivity index (χ4v) is 2.69. The molecule has 1 aliphatic rings. The van der Waals surface area contributed by atoms with Gasteiger partial charge in [0, 0.05) is 5.92 Å². The van der Waals surface area contributed by atoms with Crippen LogP contribution < -0.4 is 0 Å². The maximum absolute atomic E-state index is 2.41. The summed E-state index contributed by atoms with van der Waals surface area (Å²) in [6.45, 7) is 18.7. The second kappa shape index (κ2) is 4.05. The van der Waals surface area contributed by atoms with Crippen LogP contribution in [0.25, 0.3) is 0 Å². The van der Waals surface area contributed by atoms with Crippen LogP contribution in [-0.4, -0.2) is 0 Å². The Bertz CT molecular complexity index is 313. The summed E-state index contributed by atoms with van der Waals surface area (Å²) in [4.78, 5) is 0. The zero-order valence-corrected chi connectivity index (χ0v) is 12.3. The van der Waals surface area contributed by atoms with Crippen molar-refractivity contribution in [3.63, 3.8) is 0 Å². The second-order valence-electron chi connectivity index (χ2n) is 7.48. The molecule has 0 heteroatoms. The Kier molecular flexibility index (Phi) is 3.43. The van der Waals surface area contributed by atoms with Gasteiger partial charge in [0.05, 0.1) is 0 Å². The molecule has 0 N–H and O–H groups in total. The van der Waals surface area contributed by atoms with Gasteiger partial charge in [-0.05, 0) is 22.3 Å². The molecule has 0 radical (unpaired) electrons. The Morgan fingerprint density at radius 3 is 1.81 bits per heavy atom. The molecule has 1 unspecified atom stereocenters. The van der Waals surface area contributed by atoms with E-state index >= 15 is 0 Å². The summed E-state index contributed by atoms with van der Waals surface area (Å²) >= 11 is 0. The van der Waals surface area contributed by atoms with Gasteiger partial charge in [0.2, 0.25) is 0 Å². The predicted molar refractivity (Wildman–Crippen MR) is 73.4 cm³/mol. The molecule has 1 rings (SSSR count). The molecule has 1 aliphatic carbocycles. The normalized spacial score (nSPS) is 22.4. The lowest BCUT2D eigenvalue weighted by atomic mass is 9.68. The number of hydrogen-bond acceptors (Lipinski definition) is 0. The Morgan fingerprint density at radius 1 is 1.00 bits per heavy atom. The highest BCUT2D eigenvalue weighted by molar-refractivity contribution is 5.42. The highest BCUT2D eigenvalue weighted by Crippen LogP contribution is 2.48. The first-order valence-electron chi connectivity index (χ1n) is 6.48. The van der Waals surface area contributed by atoms with Crippen molar-refractivity contribution in [2.75, 3.05) is 0 Å². The molecule has 92 valence electrons. The van der Waals surface area contributed by atoms with Crippen molar-refractivity contribution in [3.05, 3.63) is 23.3 Å². The standard InChI is InChI=1S/C16H28/c1-11(2)12-9-10-13(15(3,4)5)14(12)16(6,7)8/h9-11,13H,1-8H3. The lowest BCUT2D eigenvalue weighted by molar-refractivity contribution is 0.289. The van der Waals surface area contributed by atoms with Crippen LogP contribution in [-0.2, 0) is 0 Å². The van der Waals surface area contributed by atoms with Crippen molar-refractivity contribution >= 4 is 0 Å². The summed E-state index contributed by atoms with van der Waals surface area (Å²) in [5.41, 5.74) is 3.82. The smallest absolute Gasteiger partial charge is 0.00397 e. The Labute approximate surface area is 102 Å². The van der Waals surface area contributed by atoms with E-state index < -0.39 is 0 Å². The zero-order chi connectivity index (χ0) is 12.7. The largest absolute Gasteiger partial charge is 0.0765 e. The molecule has 0 fully saturated rings. The van der Waals surface area contributed by atoms with Crippen LogP contribution >= 0.6 is 0 Å². The molecule has 0 aromatic rings. The molecule has 0 aromatic heterocycles. The topological polar surface area (TPSA) is 0 Å². The first-order chi connectivity index (χ1) is 7.05. The minimum Gasteiger partial charge on any atom is -0.0765 e. The van der Waals surface area contributed by atoms with Crippen LogP contribution in [0.4, 0.5) is 0 Å². The Hall–Kier alpha value is -0.520. The molecular weight excluding hydrogens is 192 g/mol. The van der Waals surface area contributed by atoms with Gasteiger partial charge in [0.15, 0.2) is 0 Å².